The van der Waals surface area contributed by atoms with Crippen LogP contribution in [0.5, 0.6) is 0 Å². The maximum atomic E-state index is 5.66. The van der Waals surface area contributed by atoms with Gasteiger partial charge in [0.05, 0.1) is 0 Å². The predicted octanol–water partition coefficient (Wildman–Crippen LogP) is 5.43. The van der Waals surface area contributed by atoms with Gasteiger partial charge in [0.15, 0.2) is 0 Å². The molecule has 0 aliphatic carbocycles. The third-order valence-corrected chi connectivity index (χ3v) is 3.66. The number of benzene rings is 2. The molecule has 0 unspecified atom stereocenters. The van der Waals surface area contributed by atoms with Crippen molar-refractivity contribution in [2.24, 2.45) is 0 Å². The topological polar surface area (TPSA) is 0 Å². The minimum absolute atomic E-state index is 0.987. The van der Waals surface area contributed by atoms with E-state index in [1.54, 1.807) is 0 Å². The van der Waals surface area contributed by atoms with Crippen LogP contribution in [0.2, 0.25) is 0 Å². The van der Waals surface area contributed by atoms with Crippen molar-refractivity contribution in [2.75, 3.05) is 0 Å². The van der Waals surface area contributed by atoms with Gasteiger partial charge in [-0.05, 0) is 23.5 Å². The average molecular weight is 671 g/mol. The number of hydrogen-bond acceptors (Lipinski definition) is 0. The van der Waals surface area contributed by atoms with Crippen molar-refractivity contribution < 1.29 is 67.2 Å². The van der Waals surface area contributed by atoms with Crippen molar-refractivity contribution in [1.82, 2.24) is 0 Å². The molecule has 0 heterocycles. The molecule has 0 saturated carbocycles. The summed E-state index contributed by atoms with van der Waals surface area (Å²) in [5.74, 6) is 0. The van der Waals surface area contributed by atoms with Crippen molar-refractivity contribution in [3.63, 3.8) is 0 Å². The molecular formula is C14H15Cl2Fe5PPd. The second kappa shape index (κ2) is 7.61. The van der Waals surface area contributed by atoms with Gasteiger partial charge < -0.3 is 0 Å². The van der Waals surface area contributed by atoms with E-state index < -0.39 is -0.350 Å². The van der Waals surface area contributed by atoms with Gasteiger partial charge in [0.1, 0.15) is 0 Å². The zero-order valence-corrected chi connectivity index (χ0v) is 21.1. The molecule has 0 atom stereocenters. The Labute approximate surface area is 176 Å². The Morgan fingerprint density at radius 1 is 0.652 bits per heavy atom. The van der Waals surface area contributed by atoms with E-state index in [1.807, 2.05) is 0 Å². The maximum Gasteiger partial charge on any atom is -0.00976 e. The van der Waals surface area contributed by atoms with Gasteiger partial charge in [-0.3, -0.25) is 0 Å². The van der Waals surface area contributed by atoms with Crippen LogP contribution in [-0.4, -0.2) is 0 Å². The summed E-state index contributed by atoms with van der Waals surface area (Å²) in [6.45, 7) is 0. The second-order valence-corrected chi connectivity index (χ2v) is 77.9. The quantitative estimate of drug-likeness (QED) is 0.301. The summed E-state index contributed by atoms with van der Waals surface area (Å²) in [6.07, 6.45) is 2.41. The summed E-state index contributed by atoms with van der Waals surface area (Å²) in [7, 11) is 12.3. The molecule has 0 N–H and O–H groups in total. The Balaban J connectivity index is 0.000000284. The van der Waals surface area contributed by atoms with E-state index in [9.17, 15) is 0 Å². The van der Waals surface area contributed by atoms with E-state index >= 15 is 0 Å². The third kappa shape index (κ3) is 20.9. The molecule has 0 saturated heterocycles. The maximum absolute atomic E-state index is 5.66. The van der Waals surface area contributed by atoms with Crippen LogP contribution < -0.4 is 0 Å². The predicted molar refractivity (Wildman–Crippen MR) is 80.3 cm³/mol. The summed E-state index contributed by atoms with van der Waals surface area (Å²) in [5, 5.41) is 0. The van der Waals surface area contributed by atoms with Crippen molar-refractivity contribution in [1.29, 1.82) is 0 Å². The zero-order valence-electron chi connectivity index (χ0n) is 11.5. The molecule has 0 radical (unpaired) electrons. The Hall–Kier alpha value is 2.71. The van der Waals surface area contributed by atoms with E-state index in [0.717, 1.165) is 8.58 Å². The van der Waals surface area contributed by atoms with Gasteiger partial charge in [-0.15, -0.1) is 8.58 Å². The van der Waals surface area contributed by atoms with Crippen LogP contribution in [0.4, 0.5) is 0 Å². The van der Waals surface area contributed by atoms with Gasteiger partial charge in [-0.2, -0.15) is 0 Å². The molecule has 140 valence electrons. The smallest absolute Gasteiger partial charge is 0.00976 e. The molecule has 0 aliphatic rings. The molecule has 9 heteroatoms. The molecule has 0 bridgehead atoms. The zero-order chi connectivity index (χ0) is 17.7. The van der Waals surface area contributed by atoms with Gasteiger partial charge in [-0.1, -0.05) is 60.7 Å². The fourth-order valence-corrected chi connectivity index (χ4v) is 2.72. The normalized spacial score (nSPS) is 16.0. The fraction of sp³-hybridized carbons (Fsp3) is 0.143. The van der Waals surface area contributed by atoms with E-state index in [0.29, 0.717) is 0 Å². The van der Waals surface area contributed by atoms with Gasteiger partial charge in [0.25, 0.3) is 0 Å². The van der Waals surface area contributed by atoms with Gasteiger partial charge >= 0.3 is 86.2 Å². The van der Waals surface area contributed by atoms with Crippen molar-refractivity contribution in [2.45, 2.75) is 12.3 Å². The van der Waals surface area contributed by atoms with Crippen LogP contribution in [0, 0.1) is 0 Å². The molecule has 2 aromatic rings. The van der Waals surface area contributed by atoms with Crippen molar-refractivity contribution in [3.05, 3.63) is 71.8 Å². The Morgan fingerprint density at radius 3 is 1.17 bits per heavy atom. The van der Waals surface area contributed by atoms with Crippen LogP contribution >= 0.6 is 27.6 Å². The summed E-state index contributed by atoms with van der Waals surface area (Å²) in [4.78, 5) is 0. The first-order valence-corrected chi connectivity index (χ1v) is 24.5. The van der Waals surface area contributed by atoms with E-state index in [2.05, 4.69) is 128 Å². The number of halogens is 2. The van der Waals surface area contributed by atoms with E-state index in [1.165, 1.54) is 23.5 Å². The van der Waals surface area contributed by atoms with Crippen molar-refractivity contribution >= 4 is 27.6 Å². The molecule has 0 fully saturated rings. The first-order valence-electron chi connectivity index (χ1n) is 6.03. The van der Waals surface area contributed by atoms with E-state index in [-0.39, 0.29) is 0 Å². The number of rotatable bonds is 4. The van der Waals surface area contributed by atoms with E-state index in [4.69, 9.17) is 19.1 Å². The standard InChI is InChI=1S/C14H15P.2ClH.5Fe.Pd/c1-3-7-13(8-4-1)11-15-12-14-9-5-2-6-10-14;;;;;;;;/h1-10,15H,11-12H2;2*1H;;;;;;/q;;;;;;;;+2/p-2. The van der Waals surface area contributed by atoms with Gasteiger partial charge in [-0.25, -0.2) is 0 Å². The molecule has 0 nitrogen and oxygen atoms in total. The molecule has 0 spiro atoms. The summed E-state index contributed by atoms with van der Waals surface area (Å²) in [5.41, 5.74) is 2.90. The van der Waals surface area contributed by atoms with Crippen molar-refractivity contribution in [3.8, 4) is 0 Å². The summed E-state index contributed by atoms with van der Waals surface area (Å²) in [6, 6.07) is 21.4. The minimum atomic E-state index is -4.78. The van der Waals surface area contributed by atoms with Gasteiger partial charge in [0.2, 0.25) is 0 Å². The largest absolute Gasteiger partial charge is 0.113 e. The molecule has 2 rings (SSSR count). The average Bonchev–Trinajstić information content (AvgIpc) is 2.37. The van der Waals surface area contributed by atoms with Gasteiger partial charge in [0, 0.05) is 0 Å². The monoisotopic (exact) mass is 670 g/mol. The minimum Gasteiger partial charge on any atom is -0.113 e. The Bertz CT molecular complexity index is 579. The first-order chi connectivity index (χ1) is 10.1. The molecule has 0 aliphatic heterocycles. The Morgan fingerprint density at radius 2 is 0.913 bits per heavy atom. The first kappa shape index (κ1) is 23.7. The molecule has 2 aromatic carbocycles. The summed E-state index contributed by atoms with van der Waals surface area (Å²) < 4.78 is -4.78. The van der Waals surface area contributed by atoms with Crippen LogP contribution in [0.1, 0.15) is 11.1 Å². The SMILES string of the molecule is [Cl][Pd]([Cl])([Fe])([Fe])([Fe])([Fe])[Fe].c1ccc(CPCc2ccccc2)cc1. The fourth-order valence-electron chi connectivity index (χ4n) is 1.54. The Kier molecular flexibility index (Phi) is 7.86. The van der Waals surface area contributed by atoms with Crippen LogP contribution in [0.25, 0.3) is 0 Å². The number of hydrogen-bond donors (Lipinski definition) is 0. The second-order valence-electron chi connectivity index (χ2n) is 4.44. The summed E-state index contributed by atoms with van der Waals surface area (Å²) >= 11 is 17.1. The molecule has 23 heavy (non-hydrogen) atoms. The van der Waals surface area contributed by atoms with Crippen LogP contribution in [-0.2, 0) is 79.5 Å². The van der Waals surface area contributed by atoms with Crippen LogP contribution in [0.3, 0.4) is 0 Å². The van der Waals surface area contributed by atoms with Crippen LogP contribution in [0.15, 0.2) is 60.7 Å². The molecule has 0 aromatic heterocycles. The third-order valence-electron chi connectivity index (χ3n) is 2.34. The molecular weight excluding hydrogens is 656 g/mol. The molecule has 0 amide bonds.